The van der Waals surface area contributed by atoms with Crippen LogP contribution in [0.25, 0.3) is 0 Å². The van der Waals surface area contributed by atoms with Crippen molar-refractivity contribution >= 4 is 5.97 Å². The Morgan fingerprint density at radius 1 is 1.37 bits per heavy atom. The minimum absolute atomic E-state index is 0.258. The minimum Gasteiger partial charge on any atom is -0.478 e. The van der Waals surface area contributed by atoms with Gasteiger partial charge < -0.3 is 5.11 Å². The van der Waals surface area contributed by atoms with Crippen LogP contribution in [0.4, 0.5) is 0 Å². The van der Waals surface area contributed by atoms with Crippen LogP contribution in [-0.2, 0) is 4.79 Å². The van der Waals surface area contributed by atoms with Crippen molar-refractivity contribution in [1.29, 1.82) is 0 Å². The molecule has 2 nitrogen and oxygen atoms in total. The first-order valence-electron chi connectivity index (χ1n) is 7.51. The van der Waals surface area contributed by atoms with Gasteiger partial charge in [-0.2, -0.15) is 0 Å². The standard InChI is InChI=1S/C17H26O2/c1-5-6-7-11-8-12-10-14(13(12)9-11)15(16(18)19)17(2,3)4/h9,12-13H,5-8,10H2,1-4H3,(H,18,19)/b15-14-/t12-,13-/m0/s1. The molecule has 1 fully saturated rings. The van der Waals surface area contributed by atoms with Crippen molar-refractivity contribution in [3.8, 4) is 0 Å². The van der Waals surface area contributed by atoms with Crippen molar-refractivity contribution in [2.45, 2.75) is 59.8 Å². The molecule has 0 amide bonds. The quantitative estimate of drug-likeness (QED) is 0.595. The van der Waals surface area contributed by atoms with E-state index in [1.165, 1.54) is 31.3 Å². The van der Waals surface area contributed by atoms with E-state index in [-0.39, 0.29) is 5.41 Å². The number of fused-ring (bicyclic) bond motifs is 1. The lowest BCUT2D eigenvalue weighted by Gasteiger charge is -2.38. The molecule has 2 aliphatic rings. The van der Waals surface area contributed by atoms with Gasteiger partial charge in [0.2, 0.25) is 0 Å². The van der Waals surface area contributed by atoms with Gasteiger partial charge in [0.15, 0.2) is 0 Å². The van der Waals surface area contributed by atoms with Gasteiger partial charge in [0.05, 0.1) is 0 Å². The highest BCUT2D eigenvalue weighted by molar-refractivity contribution is 5.89. The number of carboxylic acid groups (broad SMARTS) is 1. The summed E-state index contributed by atoms with van der Waals surface area (Å²) in [5.74, 6) is 0.395. The summed E-state index contributed by atoms with van der Waals surface area (Å²) >= 11 is 0. The van der Waals surface area contributed by atoms with Gasteiger partial charge in [0.1, 0.15) is 0 Å². The maximum atomic E-state index is 11.5. The van der Waals surface area contributed by atoms with Gasteiger partial charge in [-0.15, -0.1) is 0 Å². The van der Waals surface area contributed by atoms with Crippen LogP contribution in [0.15, 0.2) is 22.8 Å². The molecule has 0 heterocycles. The fraction of sp³-hybridized carbons (Fsp3) is 0.706. The molecule has 2 heteroatoms. The molecule has 0 radical (unpaired) electrons. The van der Waals surface area contributed by atoms with Crippen LogP contribution in [0, 0.1) is 17.3 Å². The Balaban J connectivity index is 2.20. The highest BCUT2D eigenvalue weighted by Crippen LogP contribution is 2.53. The Morgan fingerprint density at radius 2 is 2.05 bits per heavy atom. The lowest BCUT2D eigenvalue weighted by Crippen LogP contribution is -2.31. The topological polar surface area (TPSA) is 37.3 Å². The summed E-state index contributed by atoms with van der Waals surface area (Å²) in [6.07, 6.45) is 8.26. The van der Waals surface area contributed by atoms with Gasteiger partial charge in [-0.05, 0) is 37.0 Å². The minimum atomic E-state index is -0.726. The van der Waals surface area contributed by atoms with Gasteiger partial charge in [0.25, 0.3) is 0 Å². The Labute approximate surface area is 116 Å². The van der Waals surface area contributed by atoms with Crippen LogP contribution in [0.2, 0.25) is 0 Å². The monoisotopic (exact) mass is 262 g/mol. The van der Waals surface area contributed by atoms with E-state index in [4.69, 9.17) is 0 Å². The summed E-state index contributed by atoms with van der Waals surface area (Å²) in [4.78, 5) is 11.5. The van der Waals surface area contributed by atoms with E-state index in [9.17, 15) is 9.90 Å². The summed E-state index contributed by atoms with van der Waals surface area (Å²) in [7, 11) is 0. The second-order valence-electron chi connectivity index (χ2n) is 7.08. The molecule has 0 aromatic rings. The third kappa shape index (κ3) is 2.77. The highest BCUT2D eigenvalue weighted by Gasteiger charge is 2.43. The van der Waals surface area contributed by atoms with Gasteiger partial charge in [-0.25, -0.2) is 4.79 Å². The van der Waals surface area contributed by atoms with Crippen LogP contribution in [-0.4, -0.2) is 11.1 Å². The largest absolute Gasteiger partial charge is 0.478 e. The second kappa shape index (κ2) is 5.15. The lowest BCUT2D eigenvalue weighted by atomic mass is 9.65. The Hall–Kier alpha value is -1.05. The zero-order valence-electron chi connectivity index (χ0n) is 12.6. The van der Waals surface area contributed by atoms with Gasteiger partial charge in [-0.3, -0.25) is 0 Å². The van der Waals surface area contributed by atoms with E-state index >= 15 is 0 Å². The Bertz CT molecular complexity index is 435. The molecule has 2 atom stereocenters. The fourth-order valence-corrected chi connectivity index (χ4v) is 3.56. The maximum absolute atomic E-state index is 11.5. The van der Waals surface area contributed by atoms with Crippen LogP contribution in [0.1, 0.15) is 59.8 Å². The molecule has 2 rings (SSSR count). The first-order valence-corrected chi connectivity index (χ1v) is 7.51. The van der Waals surface area contributed by atoms with E-state index in [0.717, 1.165) is 6.42 Å². The predicted molar refractivity (Wildman–Crippen MR) is 77.9 cm³/mol. The highest BCUT2D eigenvalue weighted by atomic mass is 16.4. The molecule has 106 valence electrons. The summed E-state index contributed by atoms with van der Waals surface area (Å²) < 4.78 is 0. The number of hydrogen-bond donors (Lipinski definition) is 1. The van der Waals surface area contributed by atoms with E-state index < -0.39 is 5.97 Å². The molecule has 0 saturated heterocycles. The molecule has 19 heavy (non-hydrogen) atoms. The normalized spacial score (nSPS) is 28.5. The van der Waals surface area contributed by atoms with Crippen LogP contribution in [0.3, 0.4) is 0 Å². The number of allylic oxidation sites excluding steroid dienone is 3. The number of carbonyl (C=O) groups is 1. The molecular weight excluding hydrogens is 236 g/mol. The molecule has 1 N–H and O–H groups in total. The number of carboxylic acids is 1. The summed E-state index contributed by atoms with van der Waals surface area (Å²) in [5.41, 5.74) is 3.15. The molecule has 0 aliphatic heterocycles. The smallest absolute Gasteiger partial charge is 0.332 e. The van der Waals surface area contributed by atoms with Crippen molar-refractivity contribution in [3.05, 3.63) is 22.8 Å². The van der Waals surface area contributed by atoms with Crippen LogP contribution < -0.4 is 0 Å². The van der Waals surface area contributed by atoms with Crippen molar-refractivity contribution < 1.29 is 9.90 Å². The summed E-state index contributed by atoms with van der Waals surface area (Å²) in [6.45, 7) is 8.24. The van der Waals surface area contributed by atoms with Crippen LogP contribution >= 0.6 is 0 Å². The number of unbranched alkanes of at least 4 members (excludes halogenated alkanes) is 1. The Kier molecular flexibility index (Phi) is 3.89. The molecule has 0 spiro atoms. The van der Waals surface area contributed by atoms with E-state index in [1.807, 2.05) is 20.8 Å². The predicted octanol–water partition coefficient (Wildman–Crippen LogP) is 4.57. The molecule has 1 saturated carbocycles. The molecule has 0 aromatic carbocycles. The first-order chi connectivity index (χ1) is 8.84. The van der Waals surface area contributed by atoms with Gasteiger partial charge in [0, 0.05) is 11.5 Å². The first kappa shape index (κ1) is 14.4. The summed E-state index contributed by atoms with van der Waals surface area (Å²) in [5, 5.41) is 9.49. The van der Waals surface area contributed by atoms with Gasteiger partial charge >= 0.3 is 5.97 Å². The SMILES string of the molecule is CCCCC1=C[C@@H]2/C(=C(/C(=O)O)C(C)(C)C)C[C@@H]2C1. The fourth-order valence-electron chi connectivity index (χ4n) is 3.56. The zero-order valence-corrected chi connectivity index (χ0v) is 12.6. The summed E-state index contributed by atoms with van der Waals surface area (Å²) in [6, 6.07) is 0. The maximum Gasteiger partial charge on any atom is 0.332 e. The average molecular weight is 262 g/mol. The molecular formula is C17H26O2. The van der Waals surface area contributed by atoms with E-state index in [0.29, 0.717) is 17.4 Å². The van der Waals surface area contributed by atoms with E-state index in [1.54, 1.807) is 5.57 Å². The van der Waals surface area contributed by atoms with Crippen molar-refractivity contribution in [1.82, 2.24) is 0 Å². The third-order valence-electron chi connectivity index (χ3n) is 4.47. The molecule has 0 aromatic heterocycles. The molecule has 0 bridgehead atoms. The number of aliphatic carboxylic acids is 1. The lowest BCUT2D eigenvalue weighted by molar-refractivity contribution is -0.133. The second-order valence-corrected chi connectivity index (χ2v) is 7.08. The Morgan fingerprint density at radius 3 is 2.58 bits per heavy atom. The van der Waals surface area contributed by atoms with Crippen molar-refractivity contribution in [2.24, 2.45) is 17.3 Å². The average Bonchev–Trinajstić information content (AvgIpc) is 2.58. The van der Waals surface area contributed by atoms with E-state index in [2.05, 4.69) is 13.0 Å². The number of hydrogen-bond acceptors (Lipinski definition) is 1. The van der Waals surface area contributed by atoms with Crippen molar-refractivity contribution in [2.75, 3.05) is 0 Å². The van der Waals surface area contributed by atoms with Crippen LogP contribution in [0.5, 0.6) is 0 Å². The molecule has 2 aliphatic carbocycles. The van der Waals surface area contributed by atoms with Crippen molar-refractivity contribution in [3.63, 3.8) is 0 Å². The zero-order chi connectivity index (χ0) is 14.2. The number of rotatable bonds is 4. The third-order valence-corrected chi connectivity index (χ3v) is 4.47. The molecule has 0 unspecified atom stereocenters. The van der Waals surface area contributed by atoms with Gasteiger partial charge in [-0.1, -0.05) is 51.3 Å².